The summed E-state index contributed by atoms with van der Waals surface area (Å²) >= 11 is 5.82. The molecule has 0 unspecified atom stereocenters. The van der Waals surface area contributed by atoms with Gasteiger partial charge >= 0.3 is 0 Å². The van der Waals surface area contributed by atoms with E-state index in [1.807, 2.05) is 36.4 Å². The van der Waals surface area contributed by atoms with Crippen LogP contribution in [0, 0.1) is 11.3 Å². The molecule has 4 heteroatoms. The molecule has 19 heavy (non-hydrogen) atoms. The molecule has 0 aliphatic rings. The minimum Gasteiger partial charge on any atom is -0.495 e. The van der Waals surface area contributed by atoms with Crippen molar-refractivity contribution in [1.82, 2.24) is 0 Å². The molecule has 0 spiro atoms. The lowest BCUT2D eigenvalue weighted by Crippen LogP contribution is -2.00. The van der Waals surface area contributed by atoms with E-state index < -0.39 is 0 Å². The van der Waals surface area contributed by atoms with Crippen molar-refractivity contribution in [3.05, 3.63) is 58.6 Å². The van der Waals surface area contributed by atoms with Gasteiger partial charge in [-0.1, -0.05) is 17.7 Å². The maximum absolute atomic E-state index is 9.02. The quantitative estimate of drug-likeness (QED) is 0.920. The summed E-state index contributed by atoms with van der Waals surface area (Å²) < 4.78 is 5.11. The van der Waals surface area contributed by atoms with Gasteiger partial charge in [-0.15, -0.1) is 0 Å². The van der Waals surface area contributed by atoms with Gasteiger partial charge in [0.1, 0.15) is 11.8 Å². The van der Waals surface area contributed by atoms with Crippen molar-refractivity contribution >= 4 is 17.3 Å². The van der Waals surface area contributed by atoms with Crippen molar-refractivity contribution in [3.8, 4) is 11.8 Å². The zero-order chi connectivity index (χ0) is 13.7. The molecule has 3 nitrogen and oxygen atoms in total. The zero-order valence-corrected chi connectivity index (χ0v) is 11.2. The van der Waals surface area contributed by atoms with Gasteiger partial charge in [0.2, 0.25) is 0 Å². The highest BCUT2D eigenvalue weighted by molar-refractivity contribution is 6.30. The summed E-state index contributed by atoms with van der Waals surface area (Å²) in [5.41, 5.74) is 2.55. The van der Waals surface area contributed by atoms with Crippen LogP contribution in [-0.4, -0.2) is 7.11 Å². The number of nitrogens with zero attached hydrogens (tertiary/aromatic N) is 1. The fourth-order valence-electron chi connectivity index (χ4n) is 1.72. The van der Waals surface area contributed by atoms with E-state index in [0.29, 0.717) is 22.9 Å². The van der Waals surface area contributed by atoms with Crippen molar-refractivity contribution in [1.29, 1.82) is 5.26 Å². The number of hydrogen-bond donors (Lipinski definition) is 1. The van der Waals surface area contributed by atoms with Crippen LogP contribution in [0.5, 0.6) is 5.75 Å². The maximum Gasteiger partial charge on any atom is 0.136 e. The van der Waals surface area contributed by atoms with E-state index in [9.17, 15) is 0 Å². The summed E-state index contributed by atoms with van der Waals surface area (Å²) in [5, 5.41) is 13.0. The molecular formula is C15H13ClN2O. The third-order valence-corrected chi connectivity index (χ3v) is 2.98. The fourth-order valence-corrected chi connectivity index (χ4v) is 1.85. The molecule has 0 amide bonds. The number of ether oxygens (including phenoxy) is 1. The molecule has 2 aromatic rings. The molecule has 0 saturated heterocycles. The second-order valence-corrected chi connectivity index (χ2v) is 4.44. The van der Waals surface area contributed by atoms with Crippen LogP contribution in [-0.2, 0) is 6.54 Å². The molecule has 0 fully saturated rings. The number of methoxy groups -OCH3 is 1. The molecule has 1 N–H and O–H groups in total. The number of rotatable bonds is 4. The minimum atomic E-state index is 0.540. The molecule has 0 bridgehead atoms. The number of halogens is 1. The smallest absolute Gasteiger partial charge is 0.136 e. The first-order valence-corrected chi connectivity index (χ1v) is 6.17. The van der Waals surface area contributed by atoms with Crippen molar-refractivity contribution in [3.63, 3.8) is 0 Å². The molecular weight excluding hydrogens is 260 g/mol. The summed E-state index contributed by atoms with van der Waals surface area (Å²) in [6.45, 7) is 0.639. The Morgan fingerprint density at radius 2 is 1.95 bits per heavy atom. The van der Waals surface area contributed by atoms with E-state index in [1.54, 1.807) is 13.2 Å². The van der Waals surface area contributed by atoms with Gasteiger partial charge in [0.15, 0.2) is 0 Å². The molecule has 0 aliphatic carbocycles. The number of benzene rings is 2. The molecule has 2 rings (SSSR count). The van der Waals surface area contributed by atoms with E-state index in [4.69, 9.17) is 21.6 Å². The van der Waals surface area contributed by atoms with Gasteiger partial charge in [-0.3, -0.25) is 0 Å². The first-order chi connectivity index (χ1) is 9.22. The Labute approximate surface area is 117 Å². The Bertz CT molecular complexity index is 603. The van der Waals surface area contributed by atoms with Crippen LogP contribution >= 0.6 is 11.6 Å². The average molecular weight is 273 g/mol. The normalized spacial score (nSPS) is 9.74. The van der Waals surface area contributed by atoms with Gasteiger partial charge in [0.25, 0.3) is 0 Å². The van der Waals surface area contributed by atoms with Gasteiger partial charge < -0.3 is 10.1 Å². The molecule has 2 aromatic carbocycles. The standard InChI is InChI=1S/C15H13ClN2O/c1-19-15-7-2-11(8-12(15)9-17)10-18-14-5-3-13(16)4-6-14/h2-8,18H,10H2,1H3. The number of anilines is 1. The monoisotopic (exact) mass is 272 g/mol. The van der Waals surface area contributed by atoms with Crippen LogP contribution in [0.3, 0.4) is 0 Å². The molecule has 0 aromatic heterocycles. The van der Waals surface area contributed by atoms with E-state index in [1.165, 1.54) is 0 Å². The molecule has 0 radical (unpaired) electrons. The van der Waals surface area contributed by atoms with Crippen LogP contribution in [0.2, 0.25) is 5.02 Å². The van der Waals surface area contributed by atoms with Gasteiger partial charge in [-0.25, -0.2) is 0 Å². The van der Waals surface area contributed by atoms with Crippen molar-refractivity contribution in [2.45, 2.75) is 6.54 Å². The SMILES string of the molecule is COc1ccc(CNc2ccc(Cl)cc2)cc1C#N. The Morgan fingerprint density at radius 3 is 2.58 bits per heavy atom. The largest absolute Gasteiger partial charge is 0.495 e. The van der Waals surface area contributed by atoms with Gasteiger partial charge in [0.05, 0.1) is 12.7 Å². The van der Waals surface area contributed by atoms with E-state index in [2.05, 4.69) is 11.4 Å². The summed E-state index contributed by atoms with van der Waals surface area (Å²) in [6.07, 6.45) is 0. The third-order valence-electron chi connectivity index (χ3n) is 2.73. The lowest BCUT2D eigenvalue weighted by Gasteiger charge is -2.08. The lowest BCUT2D eigenvalue weighted by molar-refractivity contribution is 0.413. The van der Waals surface area contributed by atoms with Crippen molar-refractivity contribution in [2.24, 2.45) is 0 Å². The average Bonchev–Trinajstić information content (AvgIpc) is 2.46. The number of nitriles is 1. The maximum atomic E-state index is 9.02. The minimum absolute atomic E-state index is 0.540. The van der Waals surface area contributed by atoms with Crippen LogP contribution in [0.25, 0.3) is 0 Å². The van der Waals surface area contributed by atoms with Crippen LogP contribution in [0.4, 0.5) is 5.69 Å². The van der Waals surface area contributed by atoms with E-state index in [0.717, 1.165) is 11.3 Å². The highest BCUT2D eigenvalue weighted by Crippen LogP contribution is 2.20. The third kappa shape index (κ3) is 3.40. The Hall–Kier alpha value is -2.18. The summed E-state index contributed by atoms with van der Waals surface area (Å²) in [4.78, 5) is 0. The van der Waals surface area contributed by atoms with Gasteiger partial charge in [-0.2, -0.15) is 5.26 Å². The second kappa shape index (κ2) is 6.12. The van der Waals surface area contributed by atoms with Crippen molar-refractivity contribution < 1.29 is 4.74 Å². The van der Waals surface area contributed by atoms with E-state index in [-0.39, 0.29) is 0 Å². The van der Waals surface area contributed by atoms with Crippen LogP contribution in [0.1, 0.15) is 11.1 Å². The van der Waals surface area contributed by atoms with E-state index >= 15 is 0 Å². The second-order valence-electron chi connectivity index (χ2n) is 4.01. The Balaban J connectivity index is 2.08. The van der Waals surface area contributed by atoms with Crippen molar-refractivity contribution in [2.75, 3.05) is 12.4 Å². The zero-order valence-electron chi connectivity index (χ0n) is 10.5. The highest BCUT2D eigenvalue weighted by Gasteiger charge is 2.03. The number of hydrogen-bond acceptors (Lipinski definition) is 3. The topological polar surface area (TPSA) is 45.0 Å². The molecule has 0 aliphatic heterocycles. The van der Waals surface area contributed by atoms with Crippen LogP contribution in [0.15, 0.2) is 42.5 Å². The van der Waals surface area contributed by atoms with Gasteiger partial charge in [0, 0.05) is 17.3 Å². The number of nitrogens with one attached hydrogen (secondary N) is 1. The Kier molecular flexibility index (Phi) is 4.27. The molecule has 0 heterocycles. The summed E-state index contributed by atoms with van der Waals surface area (Å²) in [6, 6.07) is 15.2. The summed E-state index contributed by atoms with van der Waals surface area (Å²) in [7, 11) is 1.56. The first kappa shape index (κ1) is 13.3. The lowest BCUT2D eigenvalue weighted by atomic mass is 10.1. The first-order valence-electron chi connectivity index (χ1n) is 5.79. The fraction of sp³-hybridized carbons (Fsp3) is 0.133. The molecule has 0 atom stereocenters. The molecule has 0 saturated carbocycles. The predicted molar refractivity (Wildman–Crippen MR) is 76.5 cm³/mol. The van der Waals surface area contributed by atoms with Gasteiger partial charge in [-0.05, 0) is 42.0 Å². The molecule has 96 valence electrons. The summed E-state index contributed by atoms with van der Waals surface area (Å²) in [5.74, 6) is 0.595. The predicted octanol–water partition coefficient (Wildman–Crippen LogP) is 3.83. The Morgan fingerprint density at radius 1 is 1.21 bits per heavy atom. The highest BCUT2D eigenvalue weighted by atomic mass is 35.5. The van der Waals surface area contributed by atoms with Crippen LogP contribution < -0.4 is 10.1 Å².